The number of fused-ring (bicyclic) bond motifs is 1. The number of amides is 2. The first-order chi connectivity index (χ1) is 9.42. The number of hydrogen-bond acceptors (Lipinski definition) is 4. The molecule has 0 unspecified atom stereocenters. The number of hydrogen-bond donors (Lipinski definition) is 3. The van der Waals surface area contributed by atoms with Crippen LogP contribution in [0.25, 0.3) is 0 Å². The van der Waals surface area contributed by atoms with Gasteiger partial charge >= 0.3 is 0 Å². The van der Waals surface area contributed by atoms with Crippen molar-refractivity contribution in [2.24, 2.45) is 11.1 Å². The number of nitrogens with one attached hydrogen (secondary N) is 2. The minimum atomic E-state index is -0.512. The van der Waals surface area contributed by atoms with Crippen LogP contribution in [-0.4, -0.2) is 28.9 Å². The molecule has 6 nitrogen and oxygen atoms in total. The highest BCUT2D eigenvalue weighted by atomic mass is 79.9. The van der Waals surface area contributed by atoms with E-state index in [1.54, 1.807) is 0 Å². The lowest BCUT2D eigenvalue weighted by Gasteiger charge is -2.15. The number of rotatable bonds is 3. The fourth-order valence-electron chi connectivity index (χ4n) is 2.79. The Bertz CT molecular complexity index is 606. The van der Waals surface area contributed by atoms with Crippen LogP contribution in [0.2, 0.25) is 0 Å². The standard InChI is InChI=1S/C13H15BrN4O2/c1-6-2-3-9(14)17-10(6)18-11(19)7-4-13(12(15)20)5-8(13)16-7/h2-3,7-8,16H,4-5H2,1H3,(H2,15,20)(H,17,18,19)/t7-,8+,13+/m0/s1. The summed E-state index contributed by atoms with van der Waals surface area (Å²) in [5, 5.41) is 5.95. The fourth-order valence-corrected chi connectivity index (χ4v) is 3.10. The lowest BCUT2D eigenvalue weighted by atomic mass is 9.99. The lowest BCUT2D eigenvalue weighted by molar-refractivity contribution is -0.123. The van der Waals surface area contributed by atoms with Crippen LogP contribution in [0, 0.1) is 12.3 Å². The van der Waals surface area contributed by atoms with Gasteiger partial charge in [-0.1, -0.05) is 6.07 Å². The zero-order chi connectivity index (χ0) is 14.5. The van der Waals surface area contributed by atoms with Crippen molar-refractivity contribution in [1.82, 2.24) is 10.3 Å². The van der Waals surface area contributed by atoms with Crippen LogP contribution in [-0.2, 0) is 9.59 Å². The Kier molecular flexibility index (Phi) is 3.06. The van der Waals surface area contributed by atoms with E-state index < -0.39 is 5.41 Å². The van der Waals surface area contributed by atoms with Crippen molar-refractivity contribution in [1.29, 1.82) is 0 Å². The second-order valence-corrected chi connectivity index (χ2v) is 6.30. The van der Waals surface area contributed by atoms with Gasteiger partial charge in [0, 0.05) is 6.04 Å². The first-order valence-corrected chi connectivity index (χ1v) is 7.22. The van der Waals surface area contributed by atoms with E-state index in [2.05, 4.69) is 31.5 Å². The van der Waals surface area contributed by atoms with Crippen molar-refractivity contribution in [3.8, 4) is 0 Å². The Labute approximate surface area is 124 Å². The highest BCUT2D eigenvalue weighted by molar-refractivity contribution is 9.10. The van der Waals surface area contributed by atoms with Crippen LogP contribution >= 0.6 is 15.9 Å². The molecule has 1 aromatic heterocycles. The zero-order valence-corrected chi connectivity index (χ0v) is 12.5. The first kappa shape index (κ1) is 13.5. The number of carbonyl (C=O) groups excluding carboxylic acids is 2. The van der Waals surface area contributed by atoms with E-state index in [4.69, 9.17) is 5.73 Å². The van der Waals surface area contributed by atoms with Crippen molar-refractivity contribution in [2.45, 2.75) is 31.8 Å². The van der Waals surface area contributed by atoms with Gasteiger partial charge in [0.15, 0.2) is 0 Å². The monoisotopic (exact) mass is 338 g/mol. The minimum absolute atomic E-state index is 0.0484. The topological polar surface area (TPSA) is 97.1 Å². The largest absolute Gasteiger partial charge is 0.369 e. The number of nitrogens with two attached hydrogens (primary N) is 1. The zero-order valence-electron chi connectivity index (χ0n) is 10.9. The molecule has 1 aromatic rings. The number of pyridine rings is 1. The summed E-state index contributed by atoms with van der Waals surface area (Å²) in [6.07, 6.45) is 1.20. The molecule has 2 amide bonds. The number of primary amides is 1. The Balaban J connectivity index is 1.69. The molecule has 2 aliphatic rings. The van der Waals surface area contributed by atoms with Gasteiger partial charge in [0.25, 0.3) is 0 Å². The molecule has 1 saturated heterocycles. The van der Waals surface area contributed by atoms with Gasteiger partial charge < -0.3 is 16.4 Å². The normalized spacial score (nSPS) is 30.7. The SMILES string of the molecule is Cc1ccc(Br)nc1NC(=O)[C@@H]1C[C@@]2(C(N)=O)C[C@H]2N1. The molecule has 20 heavy (non-hydrogen) atoms. The molecular formula is C13H15BrN4O2. The van der Waals surface area contributed by atoms with Crippen LogP contribution in [0.3, 0.4) is 0 Å². The van der Waals surface area contributed by atoms with Crippen molar-refractivity contribution in [3.05, 3.63) is 22.3 Å². The maximum Gasteiger partial charge on any atom is 0.242 e. The van der Waals surface area contributed by atoms with Gasteiger partial charge in [-0.2, -0.15) is 0 Å². The molecule has 4 N–H and O–H groups in total. The number of anilines is 1. The minimum Gasteiger partial charge on any atom is -0.369 e. The number of nitrogens with zero attached hydrogens (tertiary/aromatic N) is 1. The lowest BCUT2D eigenvalue weighted by Crippen LogP contribution is -2.38. The maximum absolute atomic E-state index is 12.2. The van der Waals surface area contributed by atoms with Gasteiger partial charge in [0.1, 0.15) is 10.4 Å². The Morgan fingerprint density at radius 2 is 2.25 bits per heavy atom. The number of aromatic nitrogens is 1. The summed E-state index contributed by atoms with van der Waals surface area (Å²) in [4.78, 5) is 27.9. The molecule has 1 aliphatic heterocycles. The van der Waals surface area contributed by atoms with E-state index in [1.807, 2.05) is 19.1 Å². The van der Waals surface area contributed by atoms with Gasteiger partial charge in [-0.25, -0.2) is 4.98 Å². The van der Waals surface area contributed by atoms with Gasteiger partial charge in [0.2, 0.25) is 11.8 Å². The van der Waals surface area contributed by atoms with Gasteiger partial charge in [-0.15, -0.1) is 0 Å². The van der Waals surface area contributed by atoms with Gasteiger partial charge in [0.05, 0.1) is 11.5 Å². The van der Waals surface area contributed by atoms with Crippen LogP contribution in [0.1, 0.15) is 18.4 Å². The molecule has 1 aliphatic carbocycles. The molecule has 0 bridgehead atoms. The maximum atomic E-state index is 12.2. The predicted molar refractivity (Wildman–Crippen MR) is 76.9 cm³/mol. The molecule has 0 spiro atoms. The van der Waals surface area contributed by atoms with E-state index in [9.17, 15) is 9.59 Å². The third-order valence-electron chi connectivity index (χ3n) is 4.16. The summed E-state index contributed by atoms with van der Waals surface area (Å²) in [5.41, 5.74) is 5.77. The van der Waals surface area contributed by atoms with Crippen LogP contribution in [0.15, 0.2) is 16.7 Å². The number of aryl methyl sites for hydroxylation is 1. The van der Waals surface area contributed by atoms with E-state index in [0.717, 1.165) is 12.0 Å². The summed E-state index contributed by atoms with van der Waals surface area (Å²) in [6, 6.07) is 3.35. The summed E-state index contributed by atoms with van der Waals surface area (Å²) >= 11 is 3.27. The highest BCUT2D eigenvalue weighted by Crippen LogP contribution is 2.54. The van der Waals surface area contributed by atoms with E-state index >= 15 is 0 Å². The second-order valence-electron chi connectivity index (χ2n) is 5.49. The van der Waals surface area contributed by atoms with E-state index in [-0.39, 0.29) is 23.9 Å². The third kappa shape index (κ3) is 2.10. The van der Waals surface area contributed by atoms with Gasteiger partial charge in [-0.05, 0) is 47.3 Å². The third-order valence-corrected chi connectivity index (χ3v) is 4.60. The molecular weight excluding hydrogens is 324 g/mol. The van der Waals surface area contributed by atoms with Crippen molar-refractivity contribution >= 4 is 33.6 Å². The Morgan fingerprint density at radius 1 is 1.50 bits per heavy atom. The molecule has 2 fully saturated rings. The van der Waals surface area contributed by atoms with Crippen molar-refractivity contribution < 1.29 is 9.59 Å². The molecule has 1 saturated carbocycles. The van der Waals surface area contributed by atoms with E-state index in [1.165, 1.54) is 0 Å². The number of piperidine rings is 1. The number of carbonyl (C=O) groups is 2. The van der Waals surface area contributed by atoms with Crippen LogP contribution in [0.4, 0.5) is 5.82 Å². The molecule has 0 aromatic carbocycles. The first-order valence-electron chi connectivity index (χ1n) is 6.42. The predicted octanol–water partition coefficient (Wildman–Crippen LogP) is 0.697. The second kappa shape index (κ2) is 4.53. The van der Waals surface area contributed by atoms with E-state index in [0.29, 0.717) is 16.8 Å². The van der Waals surface area contributed by atoms with Crippen LogP contribution in [0.5, 0.6) is 0 Å². The Morgan fingerprint density at radius 3 is 2.90 bits per heavy atom. The average Bonchev–Trinajstić information content (AvgIpc) is 2.97. The fraction of sp³-hybridized carbons (Fsp3) is 0.462. The smallest absolute Gasteiger partial charge is 0.242 e. The molecule has 3 rings (SSSR count). The molecule has 0 radical (unpaired) electrons. The molecule has 7 heteroatoms. The molecule has 106 valence electrons. The quantitative estimate of drug-likeness (QED) is 0.706. The molecule has 3 atom stereocenters. The van der Waals surface area contributed by atoms with Crippen LogP contribution < -0.4 is 16.4 Å². The van der Waals surface area contributed by atoms with Crippen molar-refractivity contribution in [2.75, 3.05) is 5.32 Å². The van der Waals surface area contributed by atoms with Gasteiger partial charge in [-0.3, -0.25) is 9.59 Å². The summed E-state index contributed by atoms with van der Waals surface area (Å²) in [7, 11) is 0. The average molecular weight is 339 g/mol. The summed E-state index contributed by atoms with van der Waals surface area (Å²) < 4.78 is 0.661. The van der Waals surface area contributed by atoms with Crippen molar-refractivity contribution in [3.63, 3.8) is 0 Å². The Hall–Kier alpha value is -1.47. The summed E-state index contributed by atoms with van der Waals surface area (Å²) in [5.74, 6) is 0.0356. The molecule has 2 heterocycles. The summed E-state index contributed by atoms with van der Waals surface area (Å²) in [6.45, 7) is 1.87. The number of halogens is 1. The highest BCUT2D eigenvalue weighted by Gasteiger charge is 2.65.